The summed E-state index contributed by atoms with van der Waals surface area (Å²) < 4.78 is 1.70. The molecule has 1 aromatic carbocycles. The molecule has 0 saturated heterocycles. The minimum atomic E-state index is -0.309. The molecule has 122 valence electrons. The number of carbonyl (C=O) groups excluding carboxylic acids is 1. The predicted octanol–water partition coefficient (Wildman–Crippen LogP) is 2.85. The van der Waals surface area contributed by atoms with E-state index in [2.05, 4.69) is 21.5 Å². The molecule has 2 aromatic heterocycles. The highest BCUT2D eigenvalue weighted by molar-refractivity contribution is 6.01. The van der Waals surface area contributed by atoms with Gasteiger partial charge in [-0.25, -0.2) is 0 Å². The molecule has 0 aliphatic carbocycles. The van der Waals surface area contributed by atoms with Crippen LogP contribution >= 0.6 is 0 Å². The second-order valence-electron chi connectivity index (χ2n) is 5.24. The number of aromatic nitrogens is 3. The second kappa shape index (κ2) is 7.70. The van der Waals surface area contributed by atoms with Gasteiger partial charge in [-0.15, -0.1) is 0 Å². The van der Waals surface area contributed by atoms with Gasteiger partial charge in [0.1, 0.15) is 0 Å². The molecule has 2 heterocycles. The topological polar surface area (TPSA) is 83.6 Å². The largest absolute Gasteiger partial charge is 0.306 e. The van der Waals surface area contributed by atoms with Crippen molar-refractivity contribution in [2.45, 2.75) is 6.54 Å². The van der Waals surface area contributed by atoms with Crippen LogP contribution in [0.3, 0.4) is 0 Å². The molecule has 0 spiro atoms. The van der Waals surface area contributed by atoms with Crippen LogP contribution in [-0.2, 0) is 11.3 Å². The van der Waals surface area contributed by atoms with Gasteiger partial charge in [0.25, 0.3) is 0 Å². The van der Waals surface area contributed by atoms with Gasteiger partial charge in [0.2, 0.25) is 5.91 Å². The Kier molecular flexibility index (Phi) is 4.98. The molecule has 1 N–H and O–H groups in total. The SMILES string of the molecule is N#Cc1ccccc1/C=C/C(=O)Nc1ccn(Cc2ccccn2)n1. The molecule has 25 heavy (non-hydrogen) atoms. The first kappa shape index (κ1) is 16.1. The fourth-order valence-electron chi connectivity index (χ4n) is 2.25. The maximum absolute atomic E-state index is 12.0. The lowest BCUT2D eigenvalue weighted by Crippen LogP contribution is -2.09. The maximum atomic E-state index is 12.0. The molecule has 0 radical (unpaired) electrons. The summed E-state index contributed by atoms with van der Waals surface area (Å²) in [6, 6.07) is 16.6. The van der Waals surface area contributed by atoms with Gasteiger partial charge >= 0.3 is 0 Å². The Bertz CT molecular complexity index is 938. The van der Waals surface area contributed by atoms with Crippen LogP contribution in [0.4, 0.5) is 5.82 Å². The van der Waals surface area contributed by atoms with E-state index in [1.54, 1.807) is 47.4 Å². The zero-order valence-electron chi connectivity index (χ0n) is 13.3. The number of hydrogen-bond acceptors (Lipinski definition) is 4. The van der Waals surface area contributed by atoms with E-state index in [0.29, 0.717) is 23.5 Å². The number of benzene rings is 1. The van der Waals surface area contributed by atoms with Crippen LogP contribution in [0.5, 0.6) is 0 Å². The summed E-state index contributed by atoms with van der Waals surface area (Å²) in [5.74, 6) is 0.148. The molecular weight excluding hydrogens is 314 g/mol. The van der Waals surface area contributed by atoms with Crippen molar-refractivity contribution in [2.75, 3.05) is 5.32 Å². The lowest BCUT2D eigenvalue weighted by molar-refractivity contribution is -0.111. The van der Waals surface area contributed by atoms with Crippen LogP contribution in [-0.4, -0.2) is 20.7 Å². The Labute approximate surface area is 145 Å². The van der Waals surface area contributed by atoms with E-state index in [0.717, 1.165) is 5.69 Å². The lowest BCUT2D eigenvalue weighted by Gasteiger charge is -2.01. The normalized spacial score (nSPS) is 10.5. The summed E-state index contributed by atoms with van der Waals surface area (Å²) in [6.07, 6.45) is 6.50. The van der Waals surface area contributed by atoms with Crippen LogP contribution in [0.25, 0.3) is 6.08 Å². The number of nitrogens with zero attached hydrogens (tertiary/aromatic N) is 4. The Morgan fingerprint density at radius 2 is 2.04 bits per heavy atom. The van der Waals surface area contributed by atoms with Crippen molar-refractivity contribution in [3.05, 3.63) is 83.8 Å². The molecule has 0 aliphatic rings. The molecule has 0 saturated carbocycles. The average Bonchev–Trinajstić information content (AvgIpc) is 3.07. The highest BCUT2D eigenvalue weighted by Crippen LogP contribution is 2.10. The van der Waals surface area contributed by atoms with Gasteiger partial charge < -0.3 is 5.32 Å². The lowest BCUT2D eigenvalue weighted by atomic mass is 10.1. The predicted molar refractivity (Wildman–Crippen MR) is 94.4 cm³/mol. The van der Waals surface area contributed by atoms with Gasteiger partial charge in [0.05, 0.1) is 23.9 Å². The van der Waals surface area contributed by atoms with Crippen LogP contribution in [0.15, 0.2) is 67.0 Å². The van der Waals surface area contributed by atoms with Crippen LogP contribution < -0.4 is 5.32 Å². The van der Waals surface area contributed by atoms with Crippen molar-refractivity contribution in [1.29, 1.82) is 5.26 Å². The van der Waals surface area contributed by atoms with E-state index in [-0.39, 0.29) is 5.91 Å². The molecule has 0 aliphatic heterocycles. The van der Waals surface area contributed by atoms with Crippen molar-refractivity contribution in [1.82, 2.24) is 14.8 Å². The molecule has 0 atom stereocenters. The third-order valence-electron chi connectivity index (χ3n) is 3.44. The van der Waals surface area contributed by atoms with Crippen molar-refractivity contribution >= 4 is 17.8 Å². The van der Waals surface area contributed by atoms with E-state index in [4.69, 9.17) is 5.26 Å². The maximum Gasteiger partial charge on any atom is 0.249 e. The number of nitrogens with one attached hydrogen (secondary N) is 1. The average molecular weight is 329 g/mol. The van der Waals surface area contributed by atoms with Crippen molar-refractivity contribution < 1.29 is 4.79 Å². The summed E-state index contributed by atoms with van der Waals surface area (Å²) in [5.41, 5.74) is 2.10. The Balaban J connectivity index is 1.62. The Morgan fingerprint density at radius 1 is 1.20 bits per heavy atom. The fraction of sp³-hybridized carbons (Fsp3) is 0.0526. The molecule has 0 fully saturated rings. The summed E-state index contributed by atoms with van der Waals surface area (Å²) in [7, 11) is 0. The standard InChI is InChI=1S/C19H15N5O/c20-13-16-6-2-1-5-15(16)8-9-19(25)22-18-10-12-24(23-18)14-17-7-3-4-11-21-17/h1-12H,14H2,(H,22,23,25)/b9-8+. The second-order valence-corrected chi connectivity index (χ2v) is 5.24. The Hall–Kier alpha value is -3.72. The van der Waals surface area contributed by atoms with Gasteiger partial charge in [0.15, 0.2) is 5.82 Å². The first-order valence-corrected chi connectivity index (χ1v) is 7.66. The number of amides is 1. The number of pyridine rings is 1. The van der Waals surface area contributed by atoms with Gasteiger partial charge in [-0.05, 0) is 29.8 Å². The van der Waals surface area contributed by atoms with E-state index in [1.165, 1.54) is 6.08 Å². The van der Waals surface area contributed by atoms with Crippen molar-refractivity contribution in [3.8, 4) is 6.07 Å². The monoisotopic (exact) mass is 329 g/mol. The number of carbonyl (C=O) groups is 1. The highest BCUT2D eigenvalue weighted by Gasteiger charge is 2.04. The summed E-state index contributed by atoms with van der Waals surface area (Å²) in [6.45, 7) is 0.530. The van der Waals surface area contributed by atoms with Gasteiger partial charge in [-0.2, -0.15) is 10.4 Å². The summed E-state index contributed by atoms with van der Waals surface area (Å²) in [4.78, 5) is 16.2. The smallest absolute Gasteiger partial charge is 0.249 e. The van der Waals surface area contributed by atoms with Crippen molar-refractivity contribution in [2.24, 2.45) is 0 Å². The third-order valence-corrected chi connectivity index (χ3v) is 3.44. The first-order valence-electron chi connectivity index (χ1n) is 7.66. The molecule has 0 bridgehead atoms. The van der Waals surface area contributed by atoms with E-state index in [9.17, 15) is 4.79 Å². The van der Waals surface area contributed by atoms with E-state index >= 15 is 0 Å². The molecule has 3 aromatic rings. The minimum absolute atomic E-state index is 0.309. The summed E-state index contributed by atoms with van der Waals surface area (Å²) in [5, 5.41) is 16.0. The van der Waals surface area contributed by atoms with Crippen LogP contribution in [0, 0.1) is 11.3 Å². The van der Waals surface area contributed by atoms with Gasteiger partial charge in [0, 0.05) is 24.5 Å². The molecule has 6 nitrogen and oxygen atoms in total. The summed E-state index contributed by atoms with van der Waals surface area (Å²) >= 11 is 0. The molecule has 3 rings (SSSR count). The van der Waals surface area contributed by atoms with Gasteiger partial charge in [-0.3, -0.25) is 14.5 Å². The zero-order chi connectivity index (χ0) is 17.5. The van der Waals surface area contributed by atoms with E-state index in [1.807, 2.05) is 24.3 Å². The first-order chi connectivity index (χ1) is 12.2. The number of rotatable bonds is 5. The fourth-order valence-corrected chi connectivity index (χ4v) is 2.25. The van der Waals surface area contributed by atoms with Crippen LogP contribution in [0.1, 0.15) is 16.8 Å². The number of anilines is 1. The number of hydrogen-bond donors (Lipinski definition) is 1. The van der Waals surface area contributed by atoms with Gasteiger partial charge in [-0.1, -0.05) is 24.3 Å². The van der Waals surface area contributed by atoms with Crippen molar-refractivity contribution in [3.63, 3.8) is 0 Å². The Morgan fingerprint density at radius 3 is 2.84 bits per heavy atom. The quantitative estimate of drug-likeness (QED) is 0.730. The highest BCUT2D eigenvalue weighted by atomic mass is 16.1. The molecule has 0 unspecified atom stereocenters. The van der Waals surface area contributed by atoms with Crippen LogP contribution in [0.2, 0.25) is 0 Å². The zero-order valence-corrected chi connectivity index (χ0v) is 13.3. The third kappa shape index (κ3) is 4.39. The minimum Gasteiger partial charge on any atom is -0.306 e. The van der Waals surface area contributed by atoms with E-state index < -0.39 is 0 Å². The molecule has 6 heteroatoms. The molecular formula is C19H15N5O. The number of nitriles is 1. The molecule has 1 amide bonds.